The molecule has 0 fully saturated rings. The lowest BCUT2D eigenvalue weighted by Gasteiger charge is -2.26. The molecule has 1 rings (SSSR count). The van der Waals surface area contributed by atoms with Crippen LogP contribution in [0.4, 0.5) is 22.0 Å². The molecule has 0 radical (unpaired) electrons. The third-order valence-electron chi connectivity index (χ3n) is 3.07. The molecular weight excluding hydrogens is 303 g/mol. The molecule has 0 aliphatic rings. The first kappa shape index (κ1) is 16.9. The molecule has 0 heterocycles. The zero-order valence-corrected chi connectivity index (χ0v) is 10.5. The van der Waals surface area contributed by atoms with E-state index in [1.807, 2.05) is 0 Å². The summed E-state index contributed by atoms with van der Waals surface area (Å²) in [6.45, 7) is 0.691. The number of carboxylic acid groups (broad SMARTS) is 2. The smallest absolute Gasteiger partial charge is 0.314 e. The SMILES string of the molecule is CC(CCC(=O)O)(C(=O)O)c1c(F)c(F)c(F)c(F)c1F. The first-order valence-electron chi connectivity index (χ1n) is 5.51. The highest BCUT2D eigenvalue weighted by molar-refractivity contribution is 5.82. The van der Waals surface area contributed by atoms with E-state index in [1.54, 1.807) is 0 Å². The van der Waals surface area contributed by atoms with E-state index in [0.717, 1.165) is 0 Å². The van der Waals surface area contributed by atoms with Crippen LogP contribution in [-0.4, -0.2) is 22.2 Å². The Bertz CT molecular complexity index is 587. The van der Waals surface area contributed by atoms with Crippen LogP contribution >= 0.6 is 0 Å². The Balaban J connectivity index is 3.60. The number of carbonyl (C=O) groups is 2. The minimum Gasteiger partial charge on any atom is -0.481 e. The summed E-state index contributed by atoms with van der Waals surface area (Å²) in [4.78, 5) is 21.7. The molecule has 0 aliphatic carbocycles. The molecule has 0 aromatic heterocycles. The van der Waals surface area contributed by atoms with Gasteiger partial charge in [0.15, 0.2) is 23.3 Å². The summed E-state index contributed by atoms with van der Waals surface area (Å²) < 4.78 is 66.5. The fourth-order valence-corrected chi connectivity index (χ4v) is 1.79. The summed E-state index contributed by atoms with van der Waals surface area (Å²) in [6, 6.07) is 0. The number of aliphatic carboxylic acids is 2. The third kappa shape index (κ3) is 2.81. The Hall–Kier alpha value is -2.19. The number of rotatable bonds is 5. The molecule has 0 saturated carbocycles. The summed E-state index contributed by atoms with van der Waals surface area (Å²) in [6.07, 6.45) is -1.68. The Labute approximate surface area is 114 Å². The monoisotopic (exact) mass is 312 g/mol. The first-order valence-corrected chi connectivity index (χ1v) is 5.51. The molecule has 1 atom stereocenters. The second-order valence-corrected chi connectivity index (χ2v) is 4.48. The van der Waals surface area contributed by atoms with Gasteiger partial charge in [-0.3, -0.25) is 9.59 Å². The van der Waals surface area contributed by atoms with Crippen molar-refractivity contribution in [2.24, 2.45) is 0 Å². The first-order chi connectivity index (χ1) is 9.54. The number of halogens is 5. The van der Waals surface area contributed by atoms with Crippen LogP contribution in [-0.2, 0) is 15.0 Å². The Morgan fingerprint density at radius 3 is 1.62 bits per heavy atom. The van der Waals surface area contributed by atoms with Gasteiger partial charge in [0.1, 0.15) is 0 Å². The number of hydrogen-bond acceptors (Lipinski definition) is 2. The number of benzene rings is 1. The second-order valence-electron chi connectivity index (χ2n) is 4.48. The minimum absolute atomic E-state index is 0.691. The van der Waals surface area contributed by atoms with Gasteiger partial charge in [0.25, 0.3) is 0 Å². The van der Waals surface area contributed by atoms with Crippen molar-refractivity contribution in [3.05, 3.63) is 34.6 Å². The Kier molecular flexibility index (Phi) is 4.55. The van der Waals surface area contributed by atoms with E-state index in [4.69, 9.17) is 10.2 Å². The lowest BCUT2D eigenvalue weighted by Crippen LogP contribution is -2.36. The van der Waals surface area contributed by atoms with Crippen molar-refractivity contribution in [2.45, 2.75) is 25.2 Å². The van der Waals surface area contributed by atoms with Gasteiger partial charge in [-0.1, -0.05) is 0 Å². The lowest BCUT2D eigenvalue weighted by molar-refractivity contribution is -0.144. The molecule has 1 aromatic rings. The van der Waals surface area contributed by atoms with Gasteiger partial charge in [-0.25, -0.2) is 22.0 Å². The van der Waals surface area contributed by atoms with Crippen molar-refractivity contribution in [2.75, 3.05) is 0 Å². The highest BCUT2D eigenvalue weighted by atomic mass is 19.2. The average Bonchev–Trinajstić information content (AvgIpc) is 2.40. The van der Waals surface area contributed by atoms with Gasteiger partial charge in [-0.15, -0.1) is 0 Å². The molecule has 0 saturated heterocycles. The molecule has 1 unspecified atom stereocenters. The van der Waals surface area contributed by atoms with E-state index < -0.39 is 64.8 Å². The van der Waals surface area contributed by atoms with Crippen LogP contribution in [0.2, 0.25) is 0 Å². The summed E-state index contributed by atoms with van der Waals surface area (Å²) in [5, 5.41) is 17.5. The van der Waals surface area contributed by atoms with Crippen LogP contribution < -0.4 is 0 Å². The van der Waals surface area contributed by atoms with Crippen LogP contribution in [0.25, 0.3) is 0 Å². The van der Waals surface area contributed by atoms with E-state index in [0.29, 0.717) is 6.92 Å². The molecule has 1 aromatic carbocycles. The fraction of sp³-hybridized carbons (Fsp3) is 0.333. The largest absolute Gasteiger partial charge is 0.481 e. The summed E-state index contributed by atoms with van der Waals surface area (Å²) in [5.41, 5.74) is -4.14. The molecule has 0 aliphatic heterocycles. The molecular formula is C12H9F5O4. The lowest BCUT2D eigenvalue weighted by atomic mass is 9.77. The van der Waals surface area contributed by atoms with Gasteiger partial charge in [0, 0.05) is 12.0 Å². The zero-order valence-electron chi connectivity index (χ0n) is 10.5. The van der Waals surface area contributed by atoms with Crippen molar-refractivity contribution in [3.63, 3.8) is 0 Å². The summed E-state index contributed by atoms with van der Waals surface area (Å²) >= 11 is 0. The van der Waals surface area contributed by atoms with Gasteiger partial charge >= 0.3 is 11.9 Å². The highest BCUT2D eigenvalue weighted by Gasteiger charge is 2.43. The molecule has 2 N–H and O–H groups in total. The number of hydrogen-bond donors (Lipinski definition) is 2. The van der Waals surface area contributed by atoms with Gasteiger partial charge in [0.05, 0.1) is 5.41 Å². The molecule has 0 amide bonds. The van der Waals surface area contributed by atoms with E-state index in [-0.39, 0.29) is 0 Å². The molecule has 0 spiro atoms. The van der Waals surface area contributed by atoms with Crippen molar-refractivity contribution in [1.82, 2.24) is 0 Å². The van der Waals surface area contributed by atoms with Crippen molar-refractivity contribution < 1.29 is 41.8 Å². The van der Waals surface area contributed by atoms with E-state index >= 15 is 0 Å². The van der Waals surface area contributed by atoms with Crippen LogP contribution in [0.1, 0.15) is 25.3 Å². The zero-order chi connectivity index (χ0) is 16.5. The predicted molar refractivity (Wildman–Crippen MR) is 58.1 cm³/mol. The van der Waals surface area contributed by atoms with Crippen molar-refractivity contribution in [1.29, 1.82) is 0 Å². The quantitative estimate of drug-likeness (QED) is 0.498. The number of carboxylic acids is 2. The van der Waals surface area contributed by atoms with Gasteiger partial charge < -0.3 is 10.2 Å². The molecule has 116 valence electrons. The fourth-order valence-electron chi connectivity index (χ4n) is 1.79. The van der Waals surface area contributed by atoms with Gasteiger partial charge in [-0.2, -0.15) is 0 Å². The average molecular weight is 312 g/mol. The van der Waals surface area contributed by atoms with E-state index in [9.17, 15) is 31.5 Å². The Morgan fingerprint density at radius 1 is 0.905 bits per heavy atom. The third-order valence-corrected chi connectivity index (χ3v) is 3.07. The maximum Gasteiger partial charge on any atom is 0.314 e. The van der Waals surface area contributed by atoms with Gasteiger partial charge in [0.2, 0.25) is 5.82 Å². The van der Waals surface area contributed by atoms with Crippen molar-refractivity contribution in [3.8, 4) is 0 Å². The topological polar surface area (TPSA) is 74.6 Å². The van der Waals surface area contributed by atoms with Gasteiger partial charge in [-0.05, 0) is 13.3 Å². The van der Waals surface area contributed by atoms with Crippen LogP contribution in [0, 0.1) is 29.1 Å². The maximum atomic E-state index is 13.7. The predicted octanol–water partition coefficient (Wildman–Crippen LogP) is 2.59. The summed E-state index contributed by atoms with van der Waals surface area (Å²) in [5.74, 6) is -15.0. The standard InChI is InChI=1S/C12H9F5O4/c1-12(11(20)21,3-2-4(18)19)5-6(13)8(15)10(17)9(16)7(5)14/h2-3H2,1H3,(H,18,19)(H,20,21). The molecule has 4 nitrogen and oxygen atoms in total. The minimum atomic E-state index is -2.58. The second kappa shape index (κ2) is 5.66. The van der Waals surface area contributed by atoms with Crippen LogP contribution in [0.3, 0.4) is 0 Å². The normalized spacial score (nSPS) is 13.8. The van der Waals surface area contributed by atoms with Crippen LogP contribution in [0.5, 0.6) is 0 Å². The van der Waals surface area contributed by atoms with Crippen molar-refractivity contribution >= 4 is 11.9 Å². The molecule has 21 heavy (non-hydrogen) atoms. The molecule has 9 heteroatoms. The highest BCUT2D eigenvalue weighted by Crippen LogP contribution is 2.36. The van der Waals surface area contributed by atoms with Crippen LogP contribution in [0.15, 0.2) is 0 Å². The Morgan fingerprint density at radius 2 is 1.29 bits per heavy atom. The molecule has 0 bridgehead atoms. The maximum absolute atomic E-state index is 13.7. The van der Waals surface area contributed by atoms with E-state index in [1.165, 1.54) is 0 Å². The van der Waals surface area contributed by atoms with E-state index in [2.05, 4.69) is 0 Å². The summed E-state index contributed by atoms with van der Waals surface area (Å²) in [7, 11) is 0.